The molecular formula is C21H42IN5O3. The normalized spacial score (nSPS) is 16.7. The third-order valence-corrected chi connectivity index (χ3v) is 4.86. The van der Waals surface area contributed by atoms with Gasteiger partial charge in [0.15, 0.2) is 5.96 Å². The Morgan fingerprint density at radius 2 is 1.70 bits per heavy atom. The monoisotopic (exact) mass is 539 g/mol. The van der Waals surface area contributed by atoms with E-state index in [0.29, 0.717) is 12.5 Å². The summed E-state index contributed by atoms with van der Waals surface area (Å²) < 4.78 is 5.36. The zero-order valence-corrected chi connectivity index (χ0v) is 22.2. The van der Waals surface area contributed by atoms with E-state index in [1.165, 1.54) is 0 Å². The maximum absolute atomic E-state index is 12.1. The molecule has 1 aliphatic rings. The Hall–Kier alpha value is -1.26. The van der Waals surface area contributed by atoms with Crippen molar-refractivity contribution in [3.63, 3.8) is 0 Å². The molecule has 0 aromatic heterocycles. The Kier molecular flexibility index (Phi) is 12.7. The molecule has 1 fully saturated rings. The fourth-order valence-electron chi connectivity index (χ4n) is 3.12. The largest absolute Gasteiger partial charge is 0.444 e. The van der Waals surface area contributed by atoms with E-state index in [1.807, 2.05) is 39.5 Å². The number of hydrogen-bond acceptors (Lipinski definition) is 4. The Morgan fingerprint density at radius 1 is 1.13 bits per heavy atom. The molecule has 0 aromatic rings. The highest BCUT2D eigenvalue weighted by Crippen LogP contribution is 2.13. The zero-order chi connectivity index (χ0) is 22.2. The van der Waals surface area contributed by atoms with Gasteiger partial charge >= 0.3 is 6.09 Å². The summed E-state index contributed by atoms with van der Waals surface area (Å²) in [6, 6.07) is 0.183. The van der Waals surface area contributed by atoms with E-state index >= 15 is 0 Å². The third-order valence-electron chi connectivity index (χ3n) is 4.86. The highest BCUT2D eigenvalue weighted by atomic mass is 127. The molecule has 1 heterocycles. The Balaban J connectivity index is 0.00000841. The van der Waals surface area contributed by atoms with Crippen molar-refractivity contribution in [3.8, 4) is 0 Å². The summed E-state index contributed by atoms with van der Waals surface area (Å²) >= 11 is 0. The van der Waals surface area contributed by atoms with Crippen LogP contribution in [0.4, 0.5) is 4.79 Å². The van der Waals surface area contributed by atoms with Crippen LogP contribution in [0, 0.1) is 11.8 Å². The molecule has 1 rings (SSSR count). The lowest BCUT2D eigenvalue weighted by molar-refractivity contribution is -0.135. The van der Waals surface area contributed by atoms with Crippen molar-refractivity contribution in [2.24, 2.45) is 16.8 Å². The number of ether oxygens (including phenoxy) is 1. The average molecular weight is 540 g/mol. The number of carbonyl (C=O) groups is 2. The van der Waals surface area contributed by atoms with Gasteiger partial charge in [0, 0.05) is 38.6 Å². The van der Waals surface area contributed by atoms with E-state index in [0.717, 1.165) is 25.9 Å². The number of nitrogens with zero attached hydrogens (tertiary/aromatic N) is 2. The van der Waals surface area contributed by atoms with Crippen molar-refractivity contribution < 1.29 is 14.3 Å². The van der Waals surface area contributed by atoms with E-state index in [4.69, 9.17) is 4.74 Å². The first-order chi connectivity index (χ1) is 13.4. The van der Waals surface area contributed by atoms with Gasteiger partial charge in [-0.05, 0) is 39.5 Å². The van der Waals surface area contributed by atoms with Crippen LogP contribution in [0.3, 0.4) is 0 Å². The number of alkyl carbamates (subject to hydrolysis) is 1. The molecule has 0 saturated carbocycles. The Labute approximate surface area is 199 Å². The van der Waals surface area contributed by atoms with Crippen molar-refractivity contribution in [3.05, 3.63) is 0 Å². The highest BCUT2D eigenvalue weighted by molar-refractivity contribution is 14.0. The van der Waals surface area contributed by atoms with Crippen LogP contribution in [0.25, 0.3) is 0 Å². The van der Waals surface area contributed by atoms with Crippen molar-refractivity contribution in [2.45, 2.75) is 79.0 Å². The van der Waals surface area contributed by atoms with Gasteiger partial charge in [-0.3, -0.25) is 9.79 Å². The van der Waals surface area contributed by atoms with Crippen molar-refractivity contribution in [1.82, 2.24) is 20.9 Å². The van der Waals surface area contributed by atoms with Gasteiger partial charge in [-0.1, -0.05) is 27.7 Å². The van der Waals surface area contributed by atoms with Crippen LogP contribution in [-0.4, -0.2) is 67.2 Å². The maximum Gasteiger partial charge on any atom is 0.407 e. The summed E-state index contributed by atoms with van der Waals surface area (Å²) in [4.78, 5) is 30.5. The lowest BCUT2D eigenvalue weighted by Gasteiger charge is -2.34. The quantitative estimate of drug-likeness (QED) is 0.274. The van der Waals surface area contributed by atoms with Gasteiger partial charge in [0.25, 0.3) is 0 Å². The number of carbonyl (C=O) groups excluding carboxylic acids is 2. The SMILES string of the molecule is CN=C(NCC(NC(=O)OC(C)(C)C)C(C)C)NC1CCN(C(=O)C(C)C)CC1.I. The number of amides is 2. The number of likely N-dealkylation sites (tertiary alicyclic amines) is 1. The number of nitrogens with one attached hydrogen (secondary N) is 3. The number of rotatable bonds is 6. The molecule has 9 heteroatoms. The van der Waals surface area contributed by atoms with Crippen LogP contribution in [0.1, 0.15) is 61.3 Å². The number of aliphatic imine (C=N–C) groups is 1. The fraction of sp³-hybridized carbons (Fsp3) is 0.857. The number of piperidine rings is 1. The molecule has 0 aromatic carbocycles. The molecule has 2 amide bonds. The van der Waals surface area contributed by atoms with E-state index in [2.05, 4.69) is 34.8 Å². The smallest absolute Gasteiger partial charge is 0.407 e. The van der Waals surface area contributed by atoms with Gasteiger partial charge in [-0.25, -0.2) is 4.79 Å². The minimum Gasteiger partial charge on any atom is -0.444 e. The van der Waals surface area contributed by atoms with Crippen molar-refractivity contribution >= 4 is 41.9 Å². The van der Waals surface area contributed by atoms with Gasteiger partial charge in [0.1, 0.15) is 5.60 Å². The molecule has 8 nitrogen and oxygen atoms in total. The molecule has 1 saturated heterocycles. The first-order valence-corrected chi connectivity index (χ1v) is 10.7. The van der Waals surface area contributed by atoms with Gasteiger partial charge in [0.05, 0.1) is 6.04 Å². The highest BCUT2D eigenvalue weighted by Gasteiger charge is 2.25. The van der Waals surface area contributed by atoms with E-state index in [-0.39, 0.29) is 53.8 Å². The molecule has 176 valence electrons. The van der Waals surface area contributed by atoms with Gasteiger partial charge in [-0.2, -0.15) is 0 Å². The van der Waals surface area contributed by atoms with E-state index in [9.17, 15) is 9.59 Å². The van der Waals surface area contributed by atoms with Crippen LogP contribution in [0.2, 0.25) is 0 Å². The van der Waals surface area contributed by atoms with Gasteiger partial charge in [-0.15, -0.1) is 24.0 Å². The van der Waals surface area contributed by atoms with Crippen LogP contribution >= 0.6 is 24.0 Å². The standard InChI is InChI=1S/C21H41N5O3.HI/c1-14(2)17(25-20(28)29-21(5,6)7)13-23-19(22-8)24-16-9-11-26(12-10-16)18(27)15(3)4;/h14-17H,9-13H2,1-8H3,(H,25,28)(H2,22,23,24);1H. The average Bonchev–Trinajstić information content (AvgIpc) is 2.62. The van der Waals surface area contributed by atoms with Crippen LogP contribution in [-0.2, 0) is 9.53 Å². The minimum atomic E-state index is -0.525. The summed E-state index contributed by atoms with van der Waals surface area (Å²) in [6.07, 6.45) is 1.37. The van der Waals surface area contributed by atoms with E-state index in [1.54, 1.807) is 7.05 Å². The maximum atomic E-state index is 12.1. The second-order valence-corrected chi connectivity index (χ2v) is 9.35. The van der Waals surface area contributed by atoms with Crippen LogP contribution in [0.5, 0.6) is 0 Å². The molecule has 1 atom stereocenters. The van der Waals surface area contributed by atoms with Crippen LogP contribution < -0.4 is 16.0 Å². The number of guanidine groups is 1. The second-order valence-electron chi connectivity index (χ2n) is 9.35. The lowest BCUT2D eigenvalue weighted by Crippen LogP contribution is -2.53. The summed E-state index contributed by atoms with van der Waals surface area (Å²) in [6.45, 7) is 15.6. The molecule has 0 radical (unpaired) electrons. The number of hydrogen-bond donors (Lipinski definition) is 3. The molecule has 1 unspecified atom stereocenters. The fourth-order valence-corrected chi connectivity index (χ4v) is 3.12. The van der Waals surface area contributed by atoms with Gasteiger partial charge in [0.2, 0.25) is 5.91 Å². The minimum absolute atomic E-state index is 0. The van der Waals surface area contributed by atoms with E-state index < -0.39 is 11.7 Å². The van der Waals surface area contributed by atoms with Crippen molar-refractivity contribution in [2.75, 3.05) is 26.7 Å². The van der Waals surface area contributed by atoms with Gasteiger partial charge < -0.3 is 25.6 Å². The topological polar surface area (TPSA) is 95.1 Å². The molecule has 0 bridgehead atoms. The van der Waals surface area contributed by atoms with Crippen molar-refractivity contribution in [1.29, 1.82) is 0 Å². The first-order valence-electron chi connectivity index (χ1n) is 10.7. The predicted octanol–water partition coefficient (Wildman–Crippen LogP) is 2.97. The third kappa shape index (κ3) is 10.7. The second kappa shape index (κ2) is 13.2. The summed E-state index contributed by atoms with van der Waals surface area (Å²) in [5.74, 6) is 1.20. The summed E-state index contributed by atoms with van der Waals surface area (Å²) in [5.41, 5.74) is -0.525. The zero-order valence-electron chi connectivity index (χ0n) is 19.9. The molecule has 0 aliphatic carbocycles. The summed E-state index contributed by atoms with van der Waals surface area (Å²) in [7, 11) is 1.73. The number of halogens is 1. The molecule has 0 spiro atoms. The predicted molar refractivity (Wildman–Crippen MR) is 132 cm³/mol. The molecular weight excluding hydrogens is 497 g/mol. The summed E-state index contributed by atoms with van der Waals surface area (Å²) in [5, 5.41) is 9.68. The lowest BCUT2D eigenvalue weighted by atomic mass is 10.0. The first kappa shape index (κ1) is 28.7. The molecule has 1 aliphatic heterocycles. The Bertz CT molecular complexity index is 567. The molecule has 30 heavy (non-hydrogen) atoms. The van der Waals surface area contributed by atoms with Crippen LogP contribution in [0.15, 0.2) is 4.99 Å². The Morgan fingerprint density at radius 3 is 2.13 bits per heavy atom. The molecule has 3 N–H and O–H groups in total.